The van der Waals surface area contributed by atoms with Crippen LogP contribution in [0.3, 0.4) is 0 Å². The Balaban J connectivity index is 1.90. The molecule has 3 rings (SSSR count). The smallest absolute Gasteiger partial charge is 0.239 e. The molecular formula is C17H25N5O. The molecular weight excluding hydrogens is 290 g/mol. The minimum absolute atomic E-state index is 0.0169. The fraction of sp³-hybridized carbons (Fsp3) is 0.529. The number of likely N-dealkylation sites (N-methyl/N-ethyl adjacent to an activating group) is 1. The molecule has 1 aliphatic heterocycles. The molecule has 23 heavy (non-hydrogen) atoms. The molecule has 0 aliphatic carbocycles. The summed E-state index contributed by atoms with van der Waals surface area (Å²) < 4.78 is 2.31. The van der Waals surface area contributed by atoms with Crippen molar-refractivity contribution in [3.63, 3.8) is 0 Å². The molecule has 0 spiro atoms. The van der Waals surface area contributed by atoms with Gasteiger partial charge in [0.1, 0.15) is 0 Å². The molecule has 6 heteroatoms. The first-order valence-electron chi connectivity index (χ1n) is 8.17. The Hall–Kier alpha value is -1.92. The van der Waals surface area contributed by atoms with E-state index in [2.05, 4.69) is 27.6 Å². The normalized spacial score (nSPS) is 15.2. The monoisotopic (exact) mass is 315 g/mol. The Morgan fingerprint density at radius 1 is 1.48 bits per heavy atom. The van der Waals surface area contributed by atoms with E-state index in [0.717, 1.165) is 19.5 Å². The number of pyridine rings is 1. The molecule has 124 valence electrons. The second kappa shape index (κ2) is 6.29. The highest BCUT2D eigenvalue weighted by Crippen LogP contribution is 2.29. The van der Waals surface area contributed by atoms with E-state index >= 15 is 0 Å². The molecule has 1 aliphatic rings. The van der Waals surface area contributed by atoms with Crippen LogP contribution in [0, 0.1) is 5.92 Å². The number of rotatable bonds is 4. The van der Waals surface area contributed by atoms with E-state index in [0.29, 0.717) is 13.1 Å². The summed E-state index contributed by atoms with van der Waals surface area (Å²) in [6, 6.07) is 2.05. The van der Waals surface area contributed by atoms with Crippen LogP contribution in [0.25, 0.3) is 10.9 Å². The summed E-state index contributed by atoms with van der Waals surface area (Å²) in [4.78, 5) is 18.6. The van der Waals surface area contributed by atoms with Crippen LogP contribution in [-0.4, -0.2) is 45.5 Å². The third-order valence-electron chi connectivity index (χ3n) is 4.59. The van der Waals surface area contributed by atoms with Gasteiger partial charge in [-0.3, -0.25) is 14.8 Å². The Labute approximate surface area is 136 Å². The maximum atomic E-state index is 12.0. The number of nitrogens with two attached hydrogens (primary N) is 1. The van der Waals surface area contributed by atoms with Crippen LogP contribution >= 0.6 is 0 Å². The molecule has 0 bridgehead atoms. The molecule has 2 aromatic heterocycles. The Morgan fingerprint density at radius 3 is 3.00 bits per heavy atom. The zero-order valence-corrected chi connectivity index (χ0v) is 14.1. The van der Waals surface area contributed by atoms with Gasteiger partial charge in [-0.25, -0.2) is 5.84 Å². The highest BCUT2D eigenvalue weighted by molar-refractivity contribution is 5.85. The molecule has 6 nitrogen and oxygen atoms in total. The van der Waals surface area contributed by atoms with Gasteiger partial charge >= 0.3 is 0 Å². The number of nitrogens with zero attached hydrogens (tertiary/aromatic N) is 4. The van der Waals surface area contributed by atoms with Gasteiger partial charge in [0.25, 0.3) is 0 Å². The van der Waals surface area contributed by atoms with Crippen molar-refractivity contribution in [2.24, 2.45) is 11.8 Å². The van der Waals surface area contributed by atoms with Crippen molar-refractivity contribution in [2.45, 2.75) is 33.4 Å². The van der Waals surface area contributed by atoms with Crippen molar-refractivity contribution >= 4 is 16.8 Å². The molecule has 0 unspecified atom stereocenters. The summed E-state index contributed by atoms with van der Waals surface area (Å²) in [5.74, 6) is 5.83. The van der Waals surface area contributed by atoms with E-state index in [9.17, 15) is 4.79 Å². The van der Waals surface area contributed by atoms with Gasteiger partial charge in [-0.05, 0) is 18.7 Å². The molecule has 0 radical (unpaired) electrons. The first-order chi connectivity index (χ1) is 11.0. The molecule has 0 fully saturated rings. The van der Waals surface area contributed by atoms with Crippen LogP contribution in [0.4, 0.5) is 0 Å². The second-order valence-electron chi connectivity index (χ2n) is 6.64. The summed E-state index contributed by atoms with van der Waals surface area (Å²) in [5, 5.41) is 2.56. The van der Waals surface area contributed by atoms with Crippen LogP contribution in [0.15, 0.2) is 18.5 Å². The lowest BCUT2D eigenvalue weighted by Gasteiger charge is -2.25. The topological polar surface area (TPSA) is 67.4 Å². The van der Waals surface area contributed by atoms with Gasteiger partial charge in [-0.1, -0.05) is 13.8 Å². The van der Waals surface area contributed by atoms with E-state index < -0.39 is 0 Å². The van der Waals surface area contributed by atoms with Crippen molar-refractivity contribution in [3.05, 3.63) is 29.7 Å². The number of fused-ring (bicyclic) bond motifs is 3. The van der Waals surface area contributed by atoms with Crippen molar-refractivity contribution in [1.82, 2.24) is 19.5 Å². The molecule has 0 atom stereocenters. The maximum Gasteiger partial charge on any atom is 0.239 e. The highest BCUT2D eigenvalue weighted by atomic mass is 16.2. The molecule has 2 N–H and O–H groups in total. The second-order valence-corrected chi connectivity index (χ2v) is 6.64. The molecule has 0 saturated carbocycles. The number of hydrogen-bond donors (Lipinski definition) is 1. The van der Waals surface area contributed by atoms with Crippen LogP contribution in [0.1, 0.15) is 25.1 Å². The number of aromatic nitrogens is 2. The van der Waals surface area contributed by atoms with Crippen molar-refractivity contribution in [3.8, 4) is 0 Å². The zero-order chi connectivity index (χ0) is 16.6. The standard InChI is InChI=1S/C17H25N5O/c1-12(2)17(23)22(18)9-8-21-15-4-6-19-10-13(15)14-11-20(3)7-5-16(14)21/h4,6,10,12H,5,7-9,11,18H2,1-3H3. The molecule has 1 amide bonds. The van der Waals surface area contributed by atoms with E-state index in [1.54, 1.807) is 0 Å². The van der Waals surface area contributed by atoms with Gasteiger partial charge in [0.15, 0.2) is 0 Å². The zero-order valence-electron chi connectivity index (χ0n) is 14.1. The Bertz CT molecular complexity index is 721. The molecule has 3 heterocycles. The van der Waals surface area contributed by atoms with Gasteiger partial charge in [-0.15, -0.1) is 0 Å². The number of hydrogen-bond acceptors (Lipinski definition) is 4. The molecule has 2 aromatic rings. The first-order valence-corrected chi connectivity index (χ1v) is 8.17. The average molecular weight is 315 g/mol. The van der Waals surface area contributed by atoms with E-state index in [4.69, 9.17) is 5.84 Å². The van der Waals surface area contributed by atoms with E-state index in [1.165, 1.54) is 27.2 Å². The predicted octanol–water partition coefficient (Wildman–Crippen LogP) is 1.38. The van der Waals surface area contributed by atoms with Crippen molar-refractivity contribution in [1.29, 1.82) is 0 Å². The number of carbonyl (C=O) groups excluding carboxylic acids is 1. The van der Waals surface area contributed by atoms with Gasteiger partial charge in [0.2, 0.25) is 5.91 Å². The summed E-state index contributed by atoms with van der Waals surface area (Å²) in [6.45, 7) is 6.98. The fourth-order valence-corrected chi connectivity index (χ4v) is 3.33. The minimum atomic E-state index is -0.0758. The SMILES string of the molecule is CC(C)C(=O)N(N)CCn1c2c(c3cnccc31)CN(C)CC2. The quantitative estimate of drug-likeness (QED) is 0.526. The molecule has 0 saturated heterocycles. The lowest BCUT2D eigenvalue weighted by Crippen LogP contribution is -2.42. The summed E-state index contributed by atoms with van der Waals surface area (Å²) in [7, 11) is 2.14. The van der Waals surface area contributed by atoms with E-state index in [1.807, 2.05) is 26.2 Å². The lowest BCUT2D eigenvalue weighted by atomic mass is 10.1. The first kappa shape index (κ1) is 16.0. The third kappa shape index (κ3) is 2.96. The van der Waals surface area contributed by atoms with Crippen molar-refractivity contribution in [2.75, 3.05) is 20.1 Å². The van der Waals surface area contributed by atoms with E-state index in [-0.39, 0.29) is 11.8 Å². The third-order valence-corrected chi connectivity index (χ3v) is 4.59. The van der Waals surface area contributed by atoms with Gasteiger partial charge in [-0.2, -0.15) is 0 Å². The lowest BCUT2D eigenvalue weighted by molar-refractivity contribution is -0.134. The number of amides is 1. The van der Waals surface area contributed by atoms with Gasteiger partial charge in [0.05, 0.1) is 12.1 Å². The van der Waals surface area contributed by atoms with Crippen LogP contribution < -0.4 is 5.84 Å². The minimum Gasteiger partial charge on any atom is -0.342 e. The average Bonchev–Trinajstić information content (AvgIpc) is 2.85. The predicted molar refractivity (Wildman–Crippen MR) is 90.5 cm³/mol. The number of carbonyl (C=O) groups is 1. The highest BCUT2D eigenvalue weighted by Gasteiger charge is 2.23. The summed E-state index contributed by atoms with van der Waals surface area (Å²) in [5.41, 5.74) is 3.91. The van der Waals surface area contributed by atoms with Crippen LogP contribution in [0.2, 0.25) is 0 Å². The van der Waals surface area contributed by atoms with Crippen molar-refractivity contribution < 1.29 is 4.79 Å². The van der Waals surface area contributed by atoms with Crippen LogP contribution in [0.5, 0.6) is 0 Å². The Morgan fingerprint density at radius 2 is 2.26 bits per heavy atom. The number of hydrazine groups is 1. The molecule has 0 aromatic carbocycles. The Kier molecular flexibility index (Phi) is 4.37. The summed E-state index contributed by atoms with van der Waals surface area (Å²) >= 11 is 0. The summed E-state index contributed by atoms with van der Waals surface area (Å²) in [6.07, 6.45) is 4.79. The van der Waals surface area contributed by atoms with Gasteiger partial charge < -0.3 is 9.47 Å². The fourth-order valence-electron chi connectivity index (χ4n) is 3.33. The largest absolute Gasteiger partial charge is 0.342 e. The van der Waals surface area contributed by atoms with Gasteiger partial charge in [0, 0.05) is 55.4 Å². The van der Waals surface area contributed by atoms with Crippen LogP contribution in [-0.2, 0) is 24.3 Å². The maximum absolute atomic E-state index is 12.0.